The third-order valence-electron chi connectivity index (χ3n) is 5.20. The van der Waals surface area contributed by atoms with Gasteiger partial charge in [-0.1, -0.05) is 19.3 Å². The molecule has 7 heteroatoms. The van der Waals surface area contributed by atoms with Gasteiger partial charge in [0.25, 0.3) is 5.91 Å². The van der Waals surface area contributed by atoms with Crippen molar-refractivity contribution in [2.45, 2.75) is 43.8 Å². The topological polar surface area (TPSA) is 79.6 Å². The van der Waals surface area contributed by atoms with E-state index in [0.717, 1.165) is 43.4 Å². The van der Waals surface area contributed by atoms with Gasteiger partial charge in [-0.05, 0) is 55.2 Å². The molecule has 1 aliphatic heterocycles. The van der Waals surface area contributed by atoms with E-state index in [-0.39, 0.29) is 11.2 Å². The Labute approximate surface area is 153 Å². The molecular weight excluding hydrogens is 352 g/mol. The van der Waals surface area contributed by atoms with Gasteiger partial charge in [0.05, 0.1) is 11.5 Å². The molecule has 1 saturated carbocycles. The molecule has 138 valence electrons. The van der Waals surface area contributed by atoms with Crippen LogP contribution in [0.1, 0.15) is 48.2 Å². The Morgan fingerprint density at radius 2 is 1.96 bits per heavy atom. The normalized spacial score (nSPS) is 17.9. The average Bonchev–Trinajstić information content (AvgIpc) is 3.31. The van der Waals surface area contributed by atoms with Gasteiger partial charge in [-0.25, -0.2) is 8.42 Å². The first-order valence-electron chi connectivity index (χ1n) is 9.04. The third kappa shape index (κ3) is 3.23. The molecule has 1 N–H and O–H groups in total. The number of benzene rings is 1. The first-order valence-corrected chi connectivity index (χ1v) is 10.6. The second-order valence-corrected chi connectivity index (χ2v) is 8.90. The van der Waals surface area contributed by atoms with Crippen molar-refractivity contribution in [2.24, 2.45) is 0 Å². The molecule has 1 amide bonds. The lowest BCUT2D eigenvalue weighted by Crippen LogP contribution is -2.29. The number of fused-ring (bicyclic) bond motifs is 1. The van der Waals surface area contributed by atoms with Gasteiger partial charge >= 0.3 is 0 Å². The van der Waals surface area contributed by atoms with Crippen LogP contribution in [0.4, 0.5) is 11.4 Å². The summed E-state index contributed by atoms with van der Waals surface area (Å²) < 4.78 is 33.1. The van der Waals surface area contributed by atoms with Gasteiger partial charge in [0.15, 0.2) is 5.76 Å². The molecule has 0 radical (unpaired) electrons. The number of anilines is 2. The summed E-state index contributed by atoms with van der Waals surface area (Å²) in [6, 6.07) is 8.71. The van der Waals surface area contributed by atoms with Crippen molar-refractivity contribution in [1.82, 2.24) is 0 Å². The lowest BCUT2D eigenvalue weighted by atomic mass is 10.0. The minimum atomic E-state index is -3.36. The molecule has 1 aromatic carbocycles. The van der Waals surface area contributed by atoms with Crippen molar-refractivity contribution in [3.8, 4) is 0 Å². The number of nitrogens with zero attached hydrogens (tertiary/aromatic N) is 1. The number of hydrogen-bond donors (Lipinski definition) is 1. The molecular formula is C19H22N2O4S. The van der Waals surface area contributed by atoms with Crippen LogP contribution in [0.2, 0.25) is 0 Å². The fraction of sp³-hybridized carbons (Fsp3) is 0.421. The summed E-state index contributed by atoms with van der Waals surface area (Å²) in [4.78, 5) is 14.2. The monoisotopic (exact) mass is 374 g/mol. The van der Waals surface area contributed by atoms with Crippen molar-refractivity contribution in [3.63, 3.8) is 0 Å². The van der Waals surface area contributed by atoms with Crippen LogP contribution in [-0.2, 0) is 16.4 Å². The van der Waals surface area contributed by atoms with E-state index in [0.29, 0.717) is 24.4 Å². The van der Waals surface area contributed by atoms with Gasteiger partial charge in [0.1, 0.15) is 0 Å². The first-order chi connectivity index (χ1) is 12.5. The van der Waals surface area contributed by atoms with Crippen LogP contribution in [0.3, 0.4) is 0 Å². The quantitative estimate of drug-likeness (QED) is 0.887. The Morgan fingerprint density at radius 3 is 2.69 bits per heavy atom. The van der Waals surface area contributed by atoms with E-state index >= 15 is 0 Å². The van der Waals surface area contributed by atoms with E-state index in [1.165, 1.54) is 6.26 Å². The number of amides is 1. The number of hydrogen-bond acceptors (Lipinski definition) is 4. The molecule has 1 fully saturated rings. The molecule has 0 atom stereocenters. The highest BCUT2D eigenvalue weighted by Crippen LogP contribution is 2.33. The summed E-state index contributed by atoms with van der Waals surface area (Å²) in [7, 11) is -3.36. The van der Waals surface area contributed by atoms with Crippen molar-refractivity contribution >= 4 is 27.3 Å². The van der Waals surface area contributed by atoms with Crippen LogP contribution in [0.15, 0.2) is 41.0 Å². The SMILES string of the molecule is O=C(c1ccco1)N1CCc2cc(NS(=O)(=O)C3CCCCC3)ccc21. The summed E-state index contributed by atoms with van der Waals surface area (Å²) in [6.07, 6.45) is 6.69. The zero-order chi connectivity index (χ0) is 18.1. The van der Waals surface area contributed by atoms with Crippen LogP contribution in [0, 0.1) is 0 Å². The van der Waals surface area contributed by atoms with Crippen molar-refractivity contribution < 1.29 is 17.6 Å². The maximum absolute atomic E-state index is 12.6. The second kappa shape index (κ2) is 6.79. The Kier molecular flexibility index (Phi) is 4.48. The summed E-state index contributed by atoms with van der Waals surface area (Å²) in [5.74, 6) is 0.129. The van der Waals surface area contributed by atoms with Crippen molar-refractivity contribution in [3.05, 3.63) is 47.9 Å². The van der Waals surface area contributed by atoms with E-state index in [4.69, 9.17) is 4.42 Å². The molecule has 0 bridgehead atoms. The van der Waals surface area contributed by atoms with Crippen LogP contribution < -0.4 is 9.62 Å². The molecule has 1 aliphatic carbocycles. The Morgan fingerprint density at radius 1 is 1.15 bits per heavy atom. The Bertz CT molecular complexity index is 900. The molecule has 6 nitrogen and oxygen atoms in total. The van der Waals surface area contributed by atoms with E-state index in [1.807, 2.05) is 12.1 Å². The van der Waals surface area contributed by atoms with Gasteiger partial charge in [-0.2, -0.15) is 0 Å². The summed E-state index contributed by atoms with van der Waals surface area (Å²) in [5, 5.41) is -0.304. The molecule has 26 heavy (non-hydrogen) atoms. The van der Waals surface area contributed by atoms with E-state index in [1.54, 1.807) is 23.1 Å². The lowest BCUT2D eigenvalue weighted by molar-refractivity contribution is 0.0963. The van der Waals surface area contributed by atoms with Gasteiger partial charge in [0.2, 0.25) is 10.0 Å². The molecule has 2 heterocycles. The second-order valence-electron chi connectivity index (χ2n) is 6.93. The molecule has 2 aromatic rings. The van der Waals surface area contributed by atoms with Crippen LogP contribution in [-0.4, -0.2) is 26.1 Å². The lowest BCUT2D eigenvalue weighted by Gasteiger charge is -2.22. The minimum absolute atomic E-state index is 0.177. The van der Waals surface area contributed by atoms with Crippen molar-refractivity contribution in [1.29, 1.82) is 0 Å². The third-order valence-corrected chi connectivity index (χ3v) is 7.07. The summed E-state index contributed by atoms with van der Waals surface area (Å²) in [6.45, 7) is 0.563. The first kappa shape index (κ1) is 17.1. The minimum Gasteiger partial charge on any atom is -0.459 e. The maximum Gasteiger partial charge on any atom is 0.293 e. The van der Waals surface area contributed by atoms with Crippen LogP contribution in [0.5, 0.6) is 0 Å². The fourth-order valence-corrected chi connectivity index (χ4v) is 5.41. The molecule has 1 aromatic heterocycles. The highest BCUT2D eigenvalue weighted by Gasteiger charge is 2.29. The largest absolute Gasteiger partial charge is 0.459 e. The van der Waals surface area contributed by atoms with E-state index < -0.39 is 10.0 Å². The average molecular weight is 374 g/mol. The molecule has 4 rings (SSSR count). The van der Waals surface area contributed by atoms with Gasteiger partial charge < -0.3 is 9.32 Å². The van der Waals surface area contributed by atoms with Crippen LogP contribution >= 0.6 is 0 Å². The summed E-state index contributed by atoms with van der Waals surface area (Å²) in [5.41, 5.74) is 2.35. The fourth-order valence-electron chi connectivity index (χ4n) is 3.83. The number of sulfonamides is 1. The van der Waals surface area contributed by atoms with Gasteiger partial charge in [-0.3, -0.25) is 9.52 Å². The van der Waals surface area contributed by atoms with Crippen LogP contribution in [0.25, 0.3) is 0 Å². The van der Waals surface area contributed by atoms with Gasteiger partial charge in [0, 0.05) is 17.9 Å². The number of carbonyl (C=O) groups excluding carboxylic acids is 1. The molecule has 0 unspecified atom stereocenters. The number of rotatable bonds is 4. The molecule has 2 aliphatic rings. The predicted octanol–water partition coefficient (Wildman–Crippen LogP) is 3.56. The highest BCUT2D eigenvalue weighted by atomic mass is 32.2. The van der Waals surface area contributed by atoms with Crippen molar-refractivity contribution in [2.75, 3.05) is 16.2 Å². The number of carbonyl (C=O) groups is 1. The molecule has 0 spiro atoms. The maximum atomic E-state index is 12.6. The zero-order valence-corrected chi connectivity index (χ0v) is 15.3. The Hall–Kier alpha value is -2.28. The summed E-state index contributed by atoms with van der Waals surface area (Å²) >= 11 is 0. The van der Waals surface area contributed by atoms with E-state index in [2.05, 4.69) is 4.72 Å². The Balaban J connectivity index is 1.52. The number of nitrogens with one attached hydrogen (secondary N) is 1. The highest BCUT2D eigenvalue weighted by molar-refractivity contribution is 7.93. The smallest absolute Gasteiger partial charge is 0.293 e. The number of furan rings is 1. The zero-order valence-electron chi connectivity index (χ0n) is 14.5. The van der Waals surface area contributed by atoms with Gasteiger partial charge in [-0.15, -0.1) is 0 Å². The predicted molar refractivity (Wildman–Crippen MR) is 99.9 cm³/mol. The van der Waals surface area contributed by atoms with E-state index in [9.17, 15) is 13.2 Å². The molecule has 0 saturated heterocycles. The standard InChI is InChI=1S/C19H22N2O4S/c22-19(18-7-4-12-25-18)21-11-10-14-13-15(8-9-17(14)21)20-26(23,24)16-5-2-1-3-6-16/h4,7-9,12-13,16,20H,1-3,5-6,10-11H2.